The van der Waals surface area contributed by atoms with Gasteiger partial charge in [0.15, 0.2) is 0 Å². The maximum absolute atomic E-state index is 10.6. The quantitative estimate of drug-likeness (QED) is 0.525. The minimum atomic E-state index is -2.16. The van der Waals surface area contributed by atoms with E-state index in [0.717, 1.165) is 11.1 Å². The Bertz CT molecular complexity index is 313. The SMILES string of the molecule is Cc1cc(S(=O)[O-])cc(C)c1N. The molecule has 0 aliphatic heterocycles. The van der Waals surface area contributed by atoms with Crippen LogP contribution >= 0.6 is 0 Å². The molecule has 0 spiro atoms. The molecule has 0 amide bonds. The van der Waals surface area contributed by atoms with Crippen molar-refractivity contribution in [2.24, 2.45) is 0 Å². The number of nitrogens with two attached hydrogens (primary N) is 1. The van der Waals surface area contributed by atoms with Gasteiger partial charge in [0.05, 0.1) is 0 Å². The smallest absolute Gasteiger partial charge is 0.0374 e. The van der Waals surface area contributed by atoms with Crippen LogP contribution in [0.5, 0.6) is 0 Å². The highest BCUT2D eigenvalue weighted by Crippen LogP contribution is 2.19. The zero-order chi connectivity index (χ0) is 9.30. The van der Waals surface area contributed by atoms with Gasteiger partial charge in [0.1, 0.15) is 0 Å². The molecule has 0 saturated carbocycles. The summed E-state index contributed by atoms with van der Waals surface area (Å²) < 4.78 is 21.2. The lowest BCUT2D eigenvalue weighted by atomic mass is 10.1. The van der Waals surface area contributed by atoms with Crippen LogP contribution in [0, 0.1) is 13.8 Å². The van der Waals surface area contributed by atoms with Gasteiger partial charge in [-0.1, -0.05) is 0 Å². The van der Waals surface area contributed by atoms with Crippen LogP contribution in [0.4, 0.5) is 5.69 Å². The Morgan fingerprint density at radius 3 is 2.08 bits per heavy atom. The summed E-state index contributed by atoms with van der Waals surface area (Å²) >= 11 is -2.16. The van der Waals surface area contributed by atoms with E-state index in [0.29, 0.717) is 10.6 Å². The molecule has 0 radical (unpaired) electrons. The van der Waals surface area contributed by atoms with Crippen LogP contribution in [0.25, 0.3) is 0 Å². The van der Waals surface area contributed by atoms with Crippen molar-refractivity contribution < 1.29 is 8.76 Å². The molecule has 3 nitrogen and oxygen atoms in total. The lowest BCUT2D eigenvalue weighted by molar-refractivity contribution is 0.537. The molecule has 0 aliphatic rings. The maximum atomic E-state index is 10.6. The number of hydrogen-bond acceptors (Lipinski definition) is 3. The largest absolute Gasteiger partial charge is 0.768 e. The zero-order valence-corrected chi connectivity index (χ0v) is 7.77. The molecule has 1 aromatic rings. The van der Waals surface area contributed by atoms with Gasteiger partial charge < -0.3 is 10.3 Å². The van der Waals surface area contributed by atoms with E-state index in [1.165, 1.54) is 0 Å². The highest BCUT2D eigenvalue weighted by atomic mass is 32.2. The van der Waals surface area contributed by atoms with Crippen LogP contribution < -0.4 is 5.73 Å². The van der Waals surface area contributed by atoms with E-state index < -0.39 is 11.1 Å². The molecular formula is C8H10NO2S-. The van der Waals surface area contributed by atoms with E-state index in [1.807, 2.05) is 0 Å². The topological polar surface area (TPSA) is 66.1 Å². The second-order valence-corrected chi connectivity index (χ2v) is 3.65. The molecule has 1 rings (SSSR count). The van der Waals surface area contributed by atoms with Crippen LogP contribution in [0.1, 0.15) is 11.1 Å². The highest BCUT2D eigenvalue weighted by Gasteiger charge is 2.00. The number of nitrogen functional groups attached to an aromatic ring is 1. The van der Waals surface area contributed by atoms with E-state index in [-0.39, 0.29) is 0 Å². The fraction of sp³-hybridized carbons (Fsp3) is 0.250. The fourth-order valence-electron chi connectivity index (χ4n) is 1.03. The monoisotopic (exact) mass is 184 g/mol. The molecule has 4 heteroatoms. The summed E-state index contributed by atoms with van der Waals surface area (Å²) in [6, 6.07) is 3.12. The van der Waals surface area contributed by atoms with Gasteiger partial charge in [-0.25, -0.2) is 0 Å². The molecule has 0 saturated heterocycles. The van der Waals surface area contributed by atoms with Crippen molar-refractivity contribution >= 4 is 16.8 Å². The van der Waals surface area contributed by atoms with E-state index in [9.17, 15) is 8.76 Å². The van der Waals surface area contributed by atoms with Crippen LogP contribution in [-0.2, 0) is 11.1 Å². The van der Waals surface area contributed by atoms with Crippen molar-refractivity contribution in [1.29, 1.82) is 0 Å². The van der Waals surface area contributed by atoms with Crippen molar-refractivity contribution in [2.75, 3.05) is 5.73 Å². The Morgan fingerprint density at radius 2 is 1.75 bits per heavy atom. The third kappa shape index (κ3) is 1.65. The zero-order valence-electron chi connectivity index (χ0n) is 6.96. The predicted molar refractivity (Wildman–Crippen MR) is 47.5 cm³/mol. The van der Waals surface area contributed by atoms with Crippen LogP contribution in [-0.4, -0.2) is 8.76 Å². The summed E-state index contributed by atoms with van der Waals surface area (Å²) in [6.45, 7) is 3.58. The molecule has 0 aromatic heterocycles. The van der Waals surface area contributed by atoms with Gasteiger partial charge in [0, 0.05) is 10.6 Å². The number of anilines is 1. The van der Waals surface area contributed by atoms with E-state index in [4.69, 9.17) is 5.73 Å². The normalized spacial score (nSPS) is 12.9. The Kier molecular flexibility index (Phi) is 2.49. The van der Waals surface area contributed by atoms with Crippen molar-refractivity contribution in [3.05, 3.63) is 23.3 Å². The molecule has 12 heavy (non-hydrogen) atoms. The number of hydrogen-bond donors (Lipinski definition) is 1. The van der Waals surface area contributed by atoms with Gasteiger partial charge in [-0.05, 0) is 48.2 Å². The summed E-state index contributed by atoms with van der Waals surface area (Å²) in [5.41, 5.74) is 7.91. The second kappa shape index (κ2) is 3.25. The molecular weight excluding hydrogens is 174 g/mol. The minimum Gasteiger partial charge on any atom is -0.768 e. The average molecular weight is 184 g/mol. The summed E-state index contributed by atoms with van der Waals surface area (Å²) in [6.07, 6.45) is 0. The Balaban J connectivity index is 3.31. The summed E-state index contributed by atoms with van der Waals surface area (Å²) in [5, 5.41) is 0. The molecule has 0 fully saturated rings. The van der Waals surface area contributed by atoms with Crippen LogP contribution in [0.2, 0.25) is 0 Å². The maximum Gasteiger partial charge on any atom is 0.0374 e. The van der Waals surface area contributed by atoms with Crippen molar-refractivity contribution in [3.63, 3.8) is 0 Å². The Labute approximate surface area is 73.9 Å². The third-order valence-corrected chi connectivity index (χ3v) is 2.38. The van der Waals surface area contributed by atoms with E-state index in [2.05, 4.69) is 0 Å². The minimum absolute atomic E-state index is 0.291. The molecule has 1 unspecified atom stereocenters. The molecule has 0 heterocycles. The first kappa shape index (κ1) is 9.22. The van der Waals surface area contributed by atoms with Crippen LogP contribution in [0.3, 0.4) is 0 Å². The van der Waals surface area contributed by atoms with Gasteiger partial charge in [0.25, 0.3) is 0 Å². The Hall–Kier alpha value is -0.870. The van der Waals surface area contributed by atoms with Gasteiger partial charge >= 0.3 is 0 Å². The van der Waals surface area contributed by atoms with Crippen LogP contribution in [0.15, 0.2) is 17.0 Å². The lowest BCUT2D eigenvalue weighted by Crippen LogP contribution is -1.97. The van der Waals surface area contributed by atoms with Crippen molar-refractivity contribution in [2.45, 2.75) is 18.7 Å². The van der Waals surface area contributed by atoms with Gasteiger partial charge in [-0.2, -0.15) is 0 Å². The molecule has 1 atom stereocenters. The molecule has 2 N–H and O–H groups in total. The number of aryl methyl sites for hydroxylation is 2. The van der Waals surface area contributed by atoms with E-state index >= 15 is 0 Å². The van der Waals surface area contributed by atoms with E-state index in [1.54, 1.807) is 26.0 Å². The lowest BCUT2D eigenvalue weighted by Gasteiger charge is -2.10. The van der Waals surface area contributed by atoms with Gasteiger partial charge in [-0.15, -0.1) is 0 Å². The molecule has 66 valence electrons. The summed E-state index contributed by atoms with van der Waals surface area (Å²) in [4.78, 5) is 0.291. The standard InChI is InChI=1S/C8H11NO2S/c1-5-3-7(12(10)11)4-6(2)8(5)9/h3-4H,9H2,1-2H3,(H,10,11)/p-1. The predicted octanol–water partition coefficient (Wildman–Crippen LogP) is 1.12. The van der Waals surface area contributed by atoms with Crippen molar-refractivity contribution in [1.82, 2.24) is 0 Å². The first-order valence-electron chi connectivity index (χ1n) is 3.48. The number of benzene rings is 1. The highest BCUT2D eigenvalue weighted by molar-refractivity contribution is 7.79. The number of rotatable bonds is 1. The second-order valence-electron chi connectivity index (χ2n) is 2.71. The first-order chi connectivity index (χ1) is 5.52. The molecule has 0 aliphatic carbocycles. The molecule has 1 aromatic carbocycles. The average Bonchev–Trinajstić information content (AvgIpc) is 1.99. The van der Waals surface area contributed by atoms with Gasteiger partial charge in [-0.3, -0.25) is 4.21 Å². The summed E-state index contributed by atoms with van der Waals surface area (Å²) in [5.74, 6) is 0. The first-order valence-corrected chi connectivity index (χ1v) is 4.56. The Morgan fingerprint density at radius 1 is 1.33 bits per heavy atom. The molecule has 0 bridgehead atoms. The summed E-state index contributed by atoms with van der Waals surface area (Å²) in [7, 11) is 0. The fourth-order valence-corrected chi connectivity index (χ4v) is 1.58. The van der Waals surface area contributed by atoms with Crippen molar-refractivity contribution in [3.8, 4) is 0 Å². The third-order valence-electron chi connectivity index (χ3n) is 1.76. The van der Waals surface area contributed by atoms with Gasteiger partial charge in [0.2, 0.25) is 0 Å².